The number of ether oxygens (including phenoxy) is 1. The lowest BCUT2D eigenvalue weighted by molar-refractivity contribution is -0.146. The number of esters is 1. The molecule has 4 fully saturated rings. The van der Waals surface area contributed by atoms with Crippen molar-refractivity contribution >= 4 is 35.0 Å². The second kappa shape index (κ2) is 9.17. The number of hydrogen-bond donors (Lipinski definition) is 1. The highest BCUT2D eigenvalue weighted by molar-refractivity contribution is 7.99. The minimum Gasteiger partial charge on any atom is -0.455 e. The lowest BCUT2D eigenvalue weighted by Gasteiger charge is -2.56. The molecule has 2 aromatic rings. The molecule has 0 atom stereocenters. The van der Waals surface area contributed by atoms with Crippen LogP contribution < -0.4 is 5.32 Å². The van der Waals surface area contributed by atoms with Crippen LogP contribution in [0.1, 0.15) is 45.4 Å². The van der Waals surface area contributed by atoms with Crippen LogP contribution in [0.3, 0.4) is 0 Å². The van der Waals surface area contributed by atoms with Crippen molar-refractivity contribution in [3.63, 3.8) is 0 Å². The maximum Gasteiger partial charge on any atom is 0.316 e. The zero-order valence-corrected chi connectivity index (χ0v) is 20.1. The lowest BCUT2D eigenvalue weighted by Crippen LogP contribution is -2.51. The van der Waals surface area contributed by atoms with Crippen molar-refractivity contribution in [2.24, 2.45) is 23.2 Å². The molecule has 9 heteroatoms. The molecule has 1 N–H and O–H groups in total. The molecule has 4 aliphatic rings. The minimum atomic E-state index is -0.414. The normalized spacial score (nSPS) is 28.1. The van der Waals surface area contributed by atoms with Crippen LogP contribution in [-0.4, -0.2) is 45.5 Å². The quantitative estimate of drug-likeness (QED) is 0.437. The van der Waals surface area contributed by atoms with Crippen molar-refractivity contribution in [1.82, 2.24) is 20.1 Å². The predicted molar refractivity (Wildman–Crippen MR) is 124 cm³/mol. The van der Waals surface area contributed by atoms with Gasteiger partial charge in [0.25, 0.3) is 5.91 Å². The van der Waals surface area contributed by atoms with Crippen LogP contribution in [0, 0.1) is 23.2 Å². The molecule has 0 aromatic carbocycles. The van der Waals surface area contributed by atoms with E-state index in [1.165, 1.54) is 50.3 Å². The first kappa shape index (κ1) is 21.9. The number of thioether (sulfide) groups is 1. The van der Waals surface area contributed by atoms with Crippen molar-refractivity contribution in [2.45, 2.75) is 57.1 Å². The van der Waals surface area contributed by atoms with E-state index in [0.29, 0.717) is 11.7 Å². The molecule has 32 heavy (non-hydrogen) atoms. The number of nitrogens with zero attached hydrogens (tertiary/aromatic N) is 3. The summed E-state index contributed by atoms with van der Waals surface area (Å²) in [6, 6.07) is 3.98. The van der Waals surface area contributed by atoms with E-state index in [-0.39, 0.29) is 23.7 Å². The Bertz CT molecular complexity index is 937. The van der Waals surface area contributed by atoms with Gasteiger partial charge in [0, 0.05) is 13.1 Å². The number of carbonyl (C=O) groups excluding carboxylic acids is 2. The monoisotopic (exact) mass is 474 g/mol. The van der Waals surface area contributed by atoms with E-state index in [9.17, 15) is 9.59 Å². The SMILES string of the molecule is CCn1c(SCC(=O)OCC(=O)NCC23CC4CC(CC(C4)C2)C3)nnc1-c1cccs1. The summed E-state index contributed by atoms with van der Waals surface area (Å²) in [6.07, 6.45) is 7.93. The highest BCUT2D eigenvalue weighted by atomic mass is 32.2. The van der Waals surface area contributed by atoms with Gasteiger partial charge in [-0.15, -0.1) is 21.5 Å². The molecule has 0 spiro atoms. The number of nitrogens with one attached hydrogen (secondary N) is 1. The third kappa shape index (κ3) is 4.59. The standard InChI is InChI=1S/C23H30N4O3S2/c1-2-27-21(18-4-3-5-31-18)25-26-22(27)32-13-20(29)30-12-19(28)24-14-23-9-15-6-16(10-23)8-17(7-15)11-23/h3-5,15-17H,2,6-14H2,1H3,(H,24,28). The first-order valence-electron chi connectivity index (χ1n) is 11.6. The van der Waals surface area contributed by atoms with Crippen LogP contribution in [0.4, 0.5) is 0 Å². The Kier molecular flexibility index (Phi) is 6.29. The number of aromatic nitrogens is 3. The second-order valence-electron chi connectivity index (χ2n) is 9.67. The fourth-order valence-electron chi connectivity index (χ4n) is 6.42. The second-order valence-corrected chi connectivity index (χ2v) is 11.6. The highest BCUT2D eigenvalue weighted by Gasteiger charge is 2.50. The summed E-state index contributed by atoms with van der Waals surface area (Å²) >= 11 is 2.90. The fourth-order valence-corrected chi connectivity index (χ4v) is 7.94. The summed E-state index contributed by atoms with van der Waals surface area (Å²) in [5.41, 5.74) is 0.286. The van der Waals surface area contributed by atoms with Crippen molar-refractivity contribution in [2.75, 3.05) is 18.9 Å². The van der Waals surface area contributed by atoms with Crippen LogP contribution in [0.5, 0.6) is 0 Å². The van der Waals surface area contributed by atoms with Crippen LogP contribution in [0.15, 0.2) is 22.7 Å². The molecular weight excluding hydrogens is 444 g/mol. The van der Waals surface area contributed by atoms with Gasteiger partial charge < -0.3 is 14.6 Å². The molecule has 7 nitrogen and oxygen atoms in total. The first-order chi connectivity index (χ1) is 15.5. The van der Waals surface area contributed by atoms with Gasteiger partial charge in [0.2, 0.25) is 0 Å². The molecule has 0 aliphatic heterocycles. The number of amides is 1. The average molecular weight is 475 g/mol. The third-order valence-corrected chi connectivity index (χ3v) is 9.09. The smallest absolute Gasteiger partial charge is 0.316 e. The van der Waals surface area contributed by atoms with Gasteiger partial charge >= 0.3 is 5.97 Å². The Morgan fingerprint density at radius 2 is 1.94 bits per heavy atom. The van der Waals surface area contributed by atoms with E-state index in [4.69, 9.17) is 4.74 Å². The van der Waals surface area contributed by atoms with Crippen LogP contribution in [0.2, 0.25) is 0 Å². The largest absolute Gasteiger partial charge is 0.455 e. The van der Waals surface area contributed by atoms with Crippen molar-refractivity contribution in [1.29, 1.82) is 0 Å². The zero-order chi connectivity index (χ0) is 22.1. The molecule has 6 rings (SSSR count). The van der Waals surface area contributed by atoms with Crippen LogP contribution in [-0.2, 0) is 20.9 Å². The molecule has 0 radical (unpaired) electrons. The van der Waals surface area contributed by atoms with Crippen molar-refractivity contribution in [3.8, 4) is 10.7 Å². The average Bonchev–Trinajstić information content (AvgIpc) is 3.43. The number of carbonyl (C=O) groups is 2. The van der Waals surface area contributed by atoms with Gasteiger partial charge in [-0.25, -0.2) is 0 Å². The summed E-state index contributed by atoms with van der Waals surface area (Å²) in [6.45, 7) is 3.25. The van der Waals surface area contributed by atoms with E-state index in [0.717, 1.165) is 35.0 Å². The first-order valence-corrected chi connectivity index (χ1v) is 13.4. The van der Waals surface area contributed by atoms with E-state index < -0.39 is 5.97 Å². The van der Waals surface area contributed by atoms with Gasteiger partial charge in [0.1, 0.15) is 0 Å². The number of hydrogen-bond acceptors (Lipinski definition) is 7. The van der Waals surface area contributed by atoms with E-state index in [1.807, 2.05) is 29.0 Å². The van der Waals surface area contributed by atoms with E-state index in [2.05, 4.69) is 15.5 Å². The Balaban J connectivity index is 1.06. The Morgan fingerprint density at radius 3 is 2.56 bits per heavy atom. The molecule has 0 saturated heterocycles. The van der Waals surface area contributed by atoms with Gasteiger partial charge in [-0.05, 0) is 80.1 Å². The lowest BCUT2D eigenvalue weighted by atomic mass is 9.49. The van der Waals surface area contributed by atoms with Gasteiger partial charge in [-0.1, -0.05) is 17.8 Å². The third-order valence-electron chi connectivity index (χ3n) is 7.28. The van der Waals surface area contributed by atoms with Gasteiger partial charge in [-0.2, -0.15) is 0 Å². The fraction of sp³-hybridized carbons (Fsp3) is 0.652. The Hall–Kier alpha value is -1.87. The van der Waals surface area contributed by atoms with Crippen LogP contribution in [0.25, 0.3) is 10.7 Å². The van der Waals surface area contributed by atoms with Gasteiger partial charge in [0.05, 0.1) is 10.6 Å². The molecule has 4 saturated carbocycles. The van der Waals surface area contributed by atoms with E-state index in [1.54, 1.807) is 11.3 Å². The number of rotatable bonds is 9. The molecular formula is C23H30N4O3S2. The van der Waals surface area contributed by atoms with E-state index >= 15 is 0 Å². The molecule has 4 aliphatic carbocycles. The highest BCUT2D eigenvalue weighted by Crippen LogP contribution is 2.59. The number of thiophene rings is 1. The molecule has 2 heterocycles. The molecule has 172 valence electrons. The van der Waals surface area contributed by atoms with Crippen molar-refractivity contribution < 1.29 is 14.3 Å². The Morgan fingerprint density at radius 1 is 1.22 bits per heavy atom. The zero-order valence-electron chi connectivity index (χ0n) is 18.4. The molecule has 4 bridgehead atoms. The summed E-state index contributed by atoms with van der Waals surface area (Å²) in [5, 5.41) is 14.2. The van der Waals surface area contributed by atoms with Crippen LogP contribution >= 0.6 is 23.1 Å². The summed E-state index contributed by atoms with van der Waals surface area (Å²) < 4.78 is 7.21. The topological polar surface area (TPSA) is 86.1 Å². The molecule has 2 aromatic heterocycles. The Labute approximate surface area is 196 Å². The summed E-state index contributed by atoms with van der Waals surface area (Å²) in [5.74, 6) is 2.88. The van der Waals surface area contributed by atoms with Gasteiger partial charge in [-0.3, -0.25) is 9.59 Å². The molecule has 1 amide bonds. The maximum atomic E-state index is 12.3. The van der Waals surface area contributed by atoms with Crippen molar-refractivity contribution in [3.05, 3.63) is 17.5 Å². The summed E-state index contributed by atoms with van der Waals surface area (Å²) in [7, 11) is 0. The molecule has 0 unspecified atom stereocenters. The predicted octanol–water partition coefficient (Wildman–Crippen LogP) is 3.99. The minimum absolute atomic E-state index is 0.102. The summed E-state index contributed by atoms with van der Waals surface area (Å²) in [4.78, 5) is 25.6. The maximum absolute atomic E-state index is 12.3. The van der Waals surface area contributed by atoms with Gasteiger partial charge in [0.15, 0.2) is 17.6 Å².